The molecule has 1 aliphatic heterocycles. The SMILES string of the molecule is CC#CCNC1CCC(=O)NC1=O. The first-order valence-corrected chi connectivity index (χ1v) is 4.20. The van der Waals surface area contributed by atoms with Crippen LogP contribution in [-0.2, 0) is 9.59 Å². The van der Waals surface area contributed by atoms with E-state index in [4.69, 9.17) is 0 Å². The van der Waals surface area contributed by atoms with Crippen LogP contribution in [0.15, 0.2) is 0 Å². The van der Waals surface area contributed by atoms with Gasteiger partial charge in [-0.25, -0.2) is 0 Å². The minimum absolute atomic E-state index is 0.190. The van der Waals surface area contributed by atoms with Gasteiger partial charge in [-0.2, -0.15) is 0 Å². The molecule has 0 radical (unpaired) electrons. The zero-order chi connectivity index (χ0) is 9.68. The van der Waals surface area contributed by atoms with Crippen molar-refractivity contribution in [2.24, 2.45) is 0 Å². The summed E-state index contributed by atoms with van der Waals surface area (Å²) in [7, 11) is 0. The fourth-order valence-corrected chi connectivity index (χ4v) is 1.15. The first-order chi connectivity index (χ1) is 6.24. The fraction of sp³-hybridized carbons (Fsp3) is 0.556. The van der Waals surface area contributed by atoms with Crippen LogP contribution < -0.4 is 10.6 Å². The van der Waals surface area contributed by atoms with E-state index in [-0.39, 0.29) is 17.9 Å². The summed E-state index contributed by atoms with van der Waals surface area (Å²) < 4.78 is 0. The second kappa shape index (κ2) is 4.63. The largest absolute Gasteiger partial charge is 0.295 e. The Morgan fingerprint density at radius 2 is 2.38 bits per heavy atom. The molecule has 1 saturated heterocycles. The quantitative estimate of drug-likeness (QED) is 0.441. The Labute approximate surface area is 77.1 Å². The highest BCUT2D eigenvalue weighted by Gasteiger charge is 2.25. The van der Waals surface area contributed by atoms with E-state index in [1.54, 1.807) is 6.92 Å². The van der Waals surface area contributed by atoms with Gasteiger partial charge in [-0.15, -0.1) is 5.92 Å². The van der Waals surface area contributed by atoms with E-state index in [0.29, 0.717) is 19.4 Å². The summed E-state index contributed by atoms with van der Waals surface area (Å²) in [5.41, 5.74) is 0. The molecule has 4 heteroatoms. The van der Waals surface area contributed by atoms with Gasteiger partial charge in [0.2, 0.25) is 11.8 Å². The van der Waals surface area contributed by atoms with Gasteiger partial charge in [0.05, 0.1) is 12.6 Å². The van der Waals surface area contributed by atoms with Crippen molar-refractivity contribution in [3.05, 3.63) is 0 Å². The molecule has 0 saturated carbocycles. The summed E-state index contributed by atoms with van der Waals surface area (Å²) >= 11 is 0. The van der Waals surface area contributed by atoms with Crippen LogP contribution >= 0.6 is 0 Å². The average Bonchev–Trinajstić information content (AvgIpc) is 2.09. The molecule has 0 aliphatic carbocycles. The second-order valence-electron chi connectivity index (χ2n) is 2.81. The van der Waals surface area contributed by atoms with Gasteiger partial charge in [0, 0.05) is 6.42 Å². The van der Waals surface area contributed by atoms with Gasteiger partial charge in [0.15, 0.2) is 0 Å². The summed E-state index contributed by atoms with van der Waals surface area (Å²) in [6, 6.07) is -0.265. The molecular formula is C9H12N2O2. The van der Waals surface area contributed by atoms with Crippen molar-refractivity contribution < 1.29 is 9.59 Å². The highest BCUT2D eigenvalue weighted by atomic mass is 16.2. The second-order valence-corrected chi connectivity index (χ2v) is 2.81. The molecule has 1 unspecified atom stereocenters. The minimum atomic E-state index is -0.265. The van der Waals surface area contributed by atoms with E-state index < -0.39 is 0 Å². The topological polar surface area (TPSA) is 58.2 Å². The van der Waals surface area contributed by atoms with Crippen molar-refractivity contribution >= 4 is 11.8 Å². The van der Waals surface area contributed by atoms with Gasteiger partial charge < -0.3 is 0 Å². The van der Waals surface area contributed by atoms with Crippen LogP contribution in [0, 0.1) is 11.8 Å². The molecule has 70 valence electrons. The van der Waals surface area contributed by atoms with Crippen LogP contribution in [0.2, 0.25) is 0 Å². The van der Waals surface area contributed by atoms with Gasteiger partial charge in [-0.1, -0.05) is 5.92 Å². The smallest absolute Gasteiger partial charge is 0.243 e. The third-order valence-electron chi connectivity index (χ3n) is 1.85. The van der Waals surface area contributed by atoms with Crippen LogP contribution in [0.1, 0.15) is 19.8 Å². The molecule has 1 atom stereocenters. The highest BCUT2D eigenvalue weighted by Crippen LogP contribution is 2.03. The molecule has 0 aromatic rings. The Balaban J connectivity index is 2.36. The molecule has 1 aliphatic rings. The fourth-order valence-electron chi connectivity index (χ4n) is 1.15. The predicted molar refractivity (Wildman–Crippen MR) is 47.6 cm³/mol. The normalized spacial score (nSPS) is 21.8. The number of hydrogen-bond donors (Lipinski definition) is 2. The number of carbonyl (C=O) groups is 2. The lowest BCUT2D eigenvalue weighted by Crippen LogP contribution is -2.50. The number of imide groups is 1. The highest BCUT2D eigenvalue weighted by molar-refractivity contribution is 6.00. The monoisotopic (exact) mass is 180 g/mol. The Bertz CT molecular complexity index is 275. The molecule has 2 N–H and O–H groups in total. The average molecular weight is 180 g/mol. The summed E-state index contributed by atoms with van der Waals surface area (Å²) in [5, 5.41) is 5.22. The Morgan fingerprint density at radius 3 is 3.00 bits per heavy atom. The van der Waals surface area contributed by atoms with Crippen molar-refractivity contribution in [3.63, 3.8) is 0 Å². The van der Waals surface area contributed by atoms with Gasteiger partial charge in [0.25, 0.3) is 0 Å². The Hall–Kier alpha value is -1.34. The third kappa shape index (κ3) is 2.88. The zero-order valence-electron chi connectivity index (χ0n) is 7.52. The van der Waals surface area contributed by atoms with Crippen molar-refractivity contribution in [1.29, 1.82) is 0 Å². The maximum atomic E-state index is 11.2. The van der Waals surface area contributed by atoms with Gasteiger partial charge in [-0.3, -0.25) is 20.2 Å². The van der Waals surface area contributed by atoms with E-state index in [9.17, 15) is 9.59 Å². The molecular weight excluding hydrogens is 168 g/mol. The van der Waals surface area contributed by atoms with Gasteiger partial charge in [-0.05, 0) is 13.3 Å². The standard InChI is InChI=1S/C9H12N2O2/c1-2-3-6-10-7-4-5-8(12)11-9(7)13/h7,10H,4-6H2,1H3,(H,11,12,13). The van der Waals surface area contributed by atoms with Crippen LogP contribution in [-0.4, -0.2) is 24.4 Å². The van der Waals surface area contributed by atoms with Crippen LogP contribution in [0.25, 0.3) is 0 Å². The minimum Gasteiger partial charge on any atom is -0.295 e. The molecule has 0 aromatic heterocycles. The summed E-state index contributed by atoms with van der Waals surface area (Å²) in [5.74, 6) is 5.09. The molecule has 1 rings (SSSR count). The number of carbonyl (C=O) groups excluding carboxylic acids is 2. The van der Waals surface area contributed by atoms with Crippen LogP contribution in [0.4, 0.5) is 0 Å². The lowest BCUT2D eigenvalue weighted by molar-refractivity contribution is -0.134. The maximum Gasteiger partial charge on any atom is 0.243 e. The first-order valence-electron chi connectivity index (χ1n) is 4.20. The summed E-state index contributed by atoms with van der Waals surface area (Å²) in [6.45, 7) is 2.23. The number of hydrogen-bond acceptors (Lipinski definition) is 3. The van der Waals surface area contributed by atoms with Gasteiger partial charge >= 0.3 is 0 Å². The number of rotatable bonds is 2. The van der Waals surface area contributed by atoms with E-state index in [1.807, 2.05) is 0 Å². The molecule has 0 spiro atoms. The lowest BCUT2D eigenvalue weighted by atomic mass is 10.1. The van der Waals surface area contributed by atoms with E-state index in [1.165, 1.54) is 0 Å². The van der Waals surface area contributed by atoms with E-state index >= 15 is 0 Å². The molecule has 13 heavy (non-hydrogen) atoms. The molecule has 0 bridgehead atoms. The molecule has 4 nitrogen and oxygen atoms in total. The van der Waals surface area contributed by atoms with Crippen molar-refractivity contribution in [2.45, 2.75) is 25.8 Å². The number of piperidine rings is 1. The molecule has 1 fully saturated rings. The lowest BCUT2D eigenvalue weighted by Gasteiger charge is -2.20. The van der Waals surface area contributed by atoms with Crippen molar-refractivity contribution in [3.8, 4) is 11.8 Å². The van der Waals surface area contributed by atoms with Crippen molar-refractivity contribution in [1.82, 2.24) is 10.6 Å². The van der Waals surface area contributed by atoms with Crippen LogP contribution in [0.3, 0.4) is 0 Å². The first kappa shape index (κ1) is 9.75. The molecule has 0 aromatic carbocycles. The maximum absolute atomic E-state index is 11.2. The Morgan fingerprint density at radius 1 is 1.62 bits per heavy atom. The zero-order valence-corrected chi connectivity index (χ0v) is 7.52. The summed E-state index contributed by atoms with van der Waals surface area (Å²) in [4.78, 5) is 21.9. The van der Waals surface area contributed by atoms with E-state index in [2.05, 4.69) is 22.5 Å². The molecule has 1 heterocycles. The van der Waals surface area contributed by atoms with Gasteiger partial charge in [0.1, 0.15) is 0 Å². The number of amides is 2. The third-order valence-corrected chi connectivity index (χ3v) is 1.85. The predicted octanol–water partition coefficient (Wildman–Crippen LogP) is -0.596. The van der Waals surface area contributed by atoms with Crippen molar-refractivity contribution in [2.75, 3.05) is 6.54 Å². The summed E-state index contributed by atoms with van der Waals surface area (Å²) in [6.07, 6.45) is 0.971. The van der Waals surface area contributed by atoms with E-state index in [0.717, 1.165) is 0 Å². The Kier molecular flexibility index (Phi) is 3.47. The van der Waals surface area contributed by atoms with Crippen LogP contribution in [0.5, 0.6) is 0 Å². The molecule has 2 amide bonds. The number of nitrogens with one attached hydrogen (secondary N) is 2.